The second kappa shape index (κ2) is 5.63. The van der Waals surface area contributed by atoms with Crippen molar-refractivity contribution in [3.63, 3.8) is 0 Å². The SMILES string of the molecule is OC(c1ccccc1)c1nnnn1Cc1ccccc1. The summed E-state index contributed by atoms with van der Waals surface area (Å²) in [7, 11) is 0. The van der Waals surface area contributed by atoms with Crippen molar-refractivity contribution in [2.75, 3.05) is 0 Å². The number of tetrazole rings is 1. The molecule has 0 aliphatic heterocycles. The molecule has 0 bridgehead atoms. The number of aliphatic hydroxyl groups is 1. The van der Waals surface area contributed by atoms with Gasteiger partial charge in [0.15, 0.2) is 5.82 Å². The fraction of sp³-hybridized carbons (Fsp3) is 0.133. The Kier molecular flexibility index (Phi) is 3.52. The first-order chi connectivity index (χ1) is 9.84. The predicted molar refractivity (Wildman–Crippen MR) is 73.9 cm³/mol. The highest BCUT2D eigenvalue weighted by molar-refractivity contribution is 5.22. The molecule has 0 amide bonds. The van der Waals surface area contributed by atoms with Crippen LogP contribution < -0.4 is 0 Å². The van der Waals surface area contributed by atoms with Crippen LogP contribution >= 0.6 is 0 Å². The molecule has 1 atom stereocenters. The third kappa shape index (κ3) is 2.57. The van der Waals surface area contributed by atoms with Crippen LogP contribution in [-0.2, 0) is 6.54 Å². The molecule has 5 heteroatoms. The molecule has 0 saturated carbocycles. The lowest BCUT2D eigenvalue weighted by Gasteiger charge is -2.11. The van der Waals surface area contributed by atoms with E-state index in [1.807, 2.05) is 60.7 Å². The molecule has 0 fully saturated rings. The van der Waals surface area contributed by atoms with E-state index >= 15 is 0 Å². The average Bonchev–Trinajstić information content (AvgIpc) is 2.96. The van der Waals surface area contributed by atoms with E-state index in [1.165, 1.54) is 0 Å². The van der Waals surface area contributed by atoms with E-state index in [9.17, 15) is 5.11 Å². The van der Waals surface area contributed by atoms with Crippen molar-refractivity contribution < 1.29 is 5.11 Å². The smallest absolute Gasteiger partial charge is 0.184 e. The van der Waals surface area contributed by atoms with Gasteiger partial charge in [-0.2, -0.15) is 0 Å². The van der Waals surface area contributed by atoms with Gasteiger partial charge in [0.05, 0.1) is 6.54 Å². The van der Waals surface area contributed by atoms with Crippen molar-refractivity contribution in [2.24, 2.45) is 0 Å². The Morgan fingerprint density at radius 2 is 1.60 bits per heavy atom. The van der Waals surface area contributed by atoms with E-state index in [0.29, 0.717) is 12.4 Å². The van der Waals surface area contributed by atoms with Gasteiger partial charge in [-0.3, -0.25) is 0 Å². The lowest BCUT2D eigenvalue weighted by atomic mass is 10.1. The van der Waals surface area contributed by atoms with E-state index in [0.717, 1.165) is 11.1 Å². The summed E-state index contributed by atoms with van der Waals surface area (Å²) >= 11 is 0. The van der Waals surface area contributed by atoms with Crippen LogP contribution in [0.1, 0.15) is 23.1 Å². The van der Waals surface area contributed by atoms with Crippen LogP contribution in [0, 0.1) is 0 Å². The van der Waals surface area contributed by atoms with Crippen molar-refractivity contribution in [3.05, 3.63) is 77.6 Å². The van der Waals surface area contributed by atoms with Crippen LogP contribution in [0.4, 0.5) is 0 Å². The second-order valence-electron chi connectivity index (χ2n) is 4.49. The maximum absolute atomic E-state index is 10.4. The fourth-order valence-electron chi connectivity index (χ4n) is 2.06. The van der Waals surface area contributed by atoms with Gasteiger partial charge >= 0.3 is 0 Å². The summed E-state index contributed by atoms with van der Waals surface area (Å²) < 4.78 is 1.62. The number of aromatic nitrogens is 4. The van der Waals surface area contributed by atoms with Crippen molar-refractivity contribution >= 4 is 0 Å². The molecule has 3 aromatic rings. The highest BCUT2D eigenvalue weighted by Gasteiger charge is 2.18. The molecule has 2 aromatic carbocycles. The molecule has 0 saturated heterocycles. The van der Waals surface area contributed by atoms with Crippen LogP contribution in [0.15, 0.2) is 60.7 Å². The average molecular weight is 266 g/mol. The van der Waals surface area contributed by atoms with Crippen molar-refractivity contribution in [2.45, 2.75) is 12.6 Å². The normalized spacial score (nSPS) is 12.2. The quantitative estimate of drug-likeness (QED) is 0.782. The van der Waals surface area contributed by atoms with Crippen LogP contribution in [0.2, 0.25) is 0 Å². The predicted octanol–water partition coefficient (Wildman–Crippen LogP) is 1.80. The number of aliphatic hydroxyl groups excluding tert-OH is 1. The lowest BCUT2D eigenvalue weighted by Crippen LogP contribution is -2.12. The fourth-order valence-corrected chi connectivity index (χ4v) is 2.06. The van der Waals surface area contributed by atoms with Crippen LogP contribution in [0.25, 0.3) is 0 Å². The minimum Gasteiger partial charge on any atom is -0.380 e. The monoisotopic (exact) mass is 266 g/mol. The van der Waals surface area contributed by atoms with Crippen molar-refractivity contribution in [1.82, 2.24) is 20.2 Å². The number of hydrogen-bond donors (Lipinski definition) is 1. The summed E-state index contributed by atoms with van der Waals surface area (Å²) in [5.41, 5.74) is 1.86. The van der Waals surface area contributed by atoms with E-state index in [2.05, 4.69) is 15.5 Å². The Bertz CT molecular complexity index is 667. The molecule has 100 valence electrons. The minimum atomic E-state index is -0.824. The van der Waals surface area contributed by atoms with Gasteiger partial charge in [0.25, 0.3) is 0 Å². The van der Waals surface area contributed by atoms with Crippen molar-refractivity contribution in [3.8, 4) is 0 Å². The number of hydrogen-bond acceptors (Lipinski definition) is 4. The second-order valence-corrected chi connectivity index (χ2v) is 4.49. The molecule has 20 heavy (non-hydrogen) atoms. The molecule has 0 spiro atoms. The molecule has 1 unspecified atom stereocenters. The molecule has 3 rings (SSSR count). The van der Waals surface area contributed by atoms with Crippen molar-refractivity contribution in [1.29, 1.82) is 0 Å². The van der Waals surface area contributed by atoms with Gasteiger partial charge in [-0.25, -0.2) is 4.68 Å². The molecule has 0 radical (unpaired) electrons. The number of benzene rings is 2. The van der Waals surface area contributed by atoms with Gasteiger partial charge in [-0.15, -0.1) is 5.10 Å². The van der Waals surface area contributed by atoms with Crippen LogP contribution in [-0.4, -0.2) is 25.3 Å². The van der Waals surface area contributed by atoms with Gasteiger partial charge in [0.2, 0.25) is 0 Å². The Morgan fingerprint density at radius 1 is 0.950 bits per heavy atom. The van der Waals surface area contributed by atoms with E-state index in [-0.39, 0.29) is 0 Å². The maximum atomic E-state index is 10.4. The van der Waals surface area contributed by atoms with E-state index in [1.54, 1.807) is 4.68 Å². The number of nitrogens with zero attached hydrogens (tertiary/aromatic N) is 4. The van der Waals surface area contributed by atoms with Gasteiger partial charge in [0, 0.05) is 0 Å². The molecular weight excluding hydrogens is 252 g/mol. The molecule has 5 nitrogen and oxygen atoms in total. The Morgan fingerprint density at radius 3 is 2.30 bits per heavy atom. The summed E-state index contributed by atoms with van der Waals surface area (Å²) in [5.74, 6) is 0.444. The Labute approximate surface area is 116 Å². The van der Waals surface area contributed by atoms with E-state index < -0.39 is 6.10 Å². The third-order valence-electron chi connectivity index (χ3n) is 3.09. The summed E-state index contributed by atoms with van der Waals surface area (Å²) in [6, 6.07) is 19.3. The topological polar surface area (TPSA) is 63.8 Å². The van der Waals surface area contributed by atoms with Gasteiger partial charge in [-0.05, 0) is 21.6 Å². The van der Waals surface area contributed by atoms with E-state index in [4.69, 9.17) is 0 Å². The number of rotatable bonds is 4. The summed E-state index contributed by atoms with van der Waals surface area (Å²) in [6.45, 7) is 0.535. The Balaban J connectivity index is 1.87. The summed E-state index contributed by atoms with van der Waals surface area (Å²) in [5, 5.41) is 21.9. The molecule has 1 aromatic heterocycles. The minimum absolute atomic E-state index is 0.444. The maximum Gasteiger partial charge on any atom is 0.184 e. The lowest BCUT2D eigenvalue weighted by molar-refractivity contribution is 0.203. The molecule has 0 aliphatic carbocycles. The third-order valence-corrected chi connectivity index (χ3v) is 3.09. The zero-order chi connectivity index (χ0) is 13.8. The van der Waals surface area contributed by atoms with Crippen LogP contribution in [0.3, 0.4) is 0 Å². The largest absolute Gasteiger partial charge is 0.380 e. The molecule has 1 heterocycles. The molecular formula is C15H14N4O. The molecule has 0 aliphatic rings. The highest BCUT2D eigenvalue weighted by atomic mass is 16.3. The highest BCUT2D eigenvalue weighted by Crippen LogP contribution is 2.19. The Hall–Kier alpha value is -2.53. The zero-order valence-corrected chi connectivity index (χ0v) is 10.8. The van der Waals surface area contributed by atoms with Crippen LogP contribution in [0.5, 0.6) is 0 Å². The van der Waals surface area contributed by atoms with Gasteiger partial charge in [0.1, 0.15) is 6.10 Å². The first-order valence-electron chi connectivity index (χ1n) is 6.37. The first-order valence-corrected chi connectivity index (χ1v) is 6.37. The van der Waals surface area contributed by atoms with Gasteiger partial charge in [-0.1, -0.05) is 60.7 Å². The summed E-state index contributed by atoms with van der Waals surface area (Å²) in [6.07, 6.45) is -0.824. The zero-order valence-electron chi connectivity index (χ0n) is 10.8. The summed E-state index contributed by atoms with van der Waals surface area (Å²) in [4.78, 5) is 0. The van der Waals surface area contributed by atoms with Gasteiger partial charge < -0.3 is 5.11 Å². The molecule has 1 N–H and O–H groups in total. The first kappa shape index (κ1) is 12.5. The standard InChI is InChI=1S/C15H14N4O/c20-14(13-9-5-2-6-10-13)15-16-17-18-19(15)11-12-7-3-1-4-8-12/h1-10,14,20H,11H2.